The number of pyridine rings is 1. The minimum absolute atomic E-state index is 0.902. The van der Waals surface area contributed by atoms with E-state index in [9.17, 15) is 0 Å². The number of anilines is 1. The highest BCUT2D eigenvalue weighted by atomic mass is 14.9. The summed E-state index contributed by atoms with van der Waals surface area (Å²) in [7, 11) is 0. The second-order valence-electron chi connectivity index (χ2n) is 4.96. The van der Waals surface area contributed by atoms with Crippen molar-refractivity contribution >= 4 is 5.69 Å². The van der Waals surface area contributed by atoms with Gasteiger partial charge >= 0.3 is 0 Å². The van der Waals surface area contributed by atoms with Crippen molar-refractivity contribution in [3.63, 3.8) is 0 Å². The molecule has 118 valence electrons. The van der Waals surface area contributed by atoms with Crippen molar-refractivity contribution in [2.45, 2.75) is 60.8 Å². The maximum absolute atomic E-state index is 4.36. The highest BCUT2D eigenvalue weighted by Gasteiger charge is 1.99. The summed E-state index contributed by atoms with van der Waals surface area (Å²) in [5.41, 5.74) is 4.66. The Kier molecular flexibility index (Phi) is 11.3. The number of allylic oxidation sites excluding steroid dienone is 2. The smallest absolute Gasteiger partial charge is 0.0397 e. The molecule has 21 heavy (non-hydrogen) atoms. The Balaban J connectivity index is 0.000000713. The van der Waals surface area contributed by atoms with E-state index in [-0.39, 0.29) is 0 Å². The lowest BCUT2D eigenvalue weighted by Gasteiger charge is -2.10. The summed E-state index contributed by atoms with van der Waals surface area (Å²) < 4.78 is 0. The normalized spacial score (nSPS) is 12.4. The molecule has 2 nitrogen and oxygen atoms in total. The quantitative estimate of drug-likeness (QED) is 0.757. The summed E-state index contributed by atoms with van der Waals surface area (Å²) in [4.78, 5) is 4.36. The van der Waals surface area contributed by atoms with Crippen LogP contribution >= 0.6 is 0 Å². The summed E-state index contributed by atoms with van der Waals surface area (Å²) in [5.74, 6) is 0. The number of hydrogen-bond acceptors (Lipinski definition) is 2. The van der Waals surface area contributed by atoms with Crippen molar-refractivity contribution in [2.75, 3.05) is 11.9 Å². The monoisotopic (exact) mass is 288 g/mol. The molecule has 0 radical (unpaired) electrons. The van der Waals surface area contributed by atoms with Crippen LogP contribution in [0.25, 0.3) is 0 Å². The van der Waals surface area contributed by atoms with E-state index < -0.39 is 0 Å². The van der Waals surface area contributed by atoms with E-state index >= 15 is 0 Å². The Bertz CT molecular complexity index is 425. The van der Waals surface area contributed by atoms with Gasteiger partial charge in [-0.15, -0.1) is 0 Å². The number of aryl methyl sites for hydroxylation is 2. The third kappa shape index (κ3) is 9.06. The minimum atomic E-state index is 0.902. The van der Waals surface area contributed by atoms with Crippen LogP contribution in [0.15, 0.2) is 35.9 Å². The first-order chi connectivity index (χ1) is 10.2. The predicted octanol–water partition coefficient (Wildman–Crippen LogP) is 5.83. The third-order valence-electron chi connectivity index (χ3n) is 2.65. The fourth-order valence-corrected chi connectivity index (χ4v) is 1.94. The van der Waals surface area contributed by atoms with E-state index in [1.54, 1.807) is 0 Å². The number of nitrogens with one attached hydrogen (secondary N) is 1. The van der Waals surface area contributed by atoms with Crippen LogP contribution in [0.5, 0.6) is 0 Å². The molecule has 1 aliphatic carbocycles. The molecule has 0 aliphatic heterocycles. The van der Waals surface area contributed by atoms with Crippen LogP contribution in [-0.2, 0) is 0 Å². The van der Waals surface area contributed by atoms with Crippen molar-refractivity contribution in [1.82, 2.24) is 4.98 Å². The first kappa shape index (κ1) is 19.4. The fraction of sp³-hybridized carbons (Fsp3) is 0.526. The summed E-state index contributed by atoms with van der Waals surface area (Å²) in [6.45, 7) is 13.2. The molecule has 0 amide bonds. The summed E-state index contributed by atoms with van der Waals surface area (Å²) >= 11 is 0. The van der Waals surface area contributed by atoms with Gasteiger partial charge in [0.2, 0.25) is 0 Å². The molecule has 0 atom stereocenters. The minimum Gasteiger partial charge on any atom is -0.381 e. The Morgan fingerprint density at radius 3 is 2.10 bits per heavy atom. The van der Waals surface area contributed by atoms with Gasteiger partial charge in [0.1, 0.15) is 0 Å². The SMILES string of the molecule is CC.CCC.Cc1cc(NCC2=CCCC=C2)cc(C)n1. The van der Waals surface area contributed by atoms with E-state index in [1.807, 2.05) is 27.7 Å². The average Bonchev–Trinajstić information content (AvgIpc) is 2.48. The van der Waals surface area contributed by atoms with Gasteiger partial charge in [0.25, 0.3) is 0 Å². The molecule has 0 bridgehead atoms. The topological polar surface area (TPSA) is 24.9 Å². The zero-order valence-electron chi connectivity index (χ0n) is 14.7. The van der Waals surface area contributed by atoms with Crippen LogP contribution in [-0.4, -0.2) is 11.5 Å². The standard InChI is InChI=1S/C14H18N2.C3H8.C2H6/c1-11-8-14(9-12(2)16-11)15-10-13-6-4-3-5-7-13;1-3-2;1-2/h4,6-9H,3,5,10H2,1-2H3,(H,15,16);3H2,1-2H3;1-2H3. The molecule has 0 spiro atoms. The molecule has 0 fully saturated rings. The van der Waals surface area contributed by atoms with Gasteiger partial charge in [-0.05, 0) is 44.4 Å². The van der Waals surface area contributed by atoms with Gasteiger partial charge in [-0.3, -0.25) is 4.98 Å². The molecule has 0 saturated heterocycles. The van der Waals surface area contributed by atoms with E-state index in [0.29, 0.717) is 0 Å². The molecule has 2 rings (SSSR count). The van der Waals surface area contributed by atoms with Crippen LogP contribution in [0.2, 0.25) is 0 Å². The molecule has 1 heterocycles. The highest BCUT2D eigenvalue weighted by Crippen LogP contribution is 2.13. The lowest BCUT2D eigenvalue weighted by atomic mass is 10.1. The molecule has 2 heteroatoms. The van der Waals surface area contributed by atoms with Crippen molar-refractivity contribution in [2.24, 2.45) is 0 Å². The first-order valence-electron chi connectivity index (χ1n) is 8.20. The Morgan fingerprint density at radius 1 is 1.05 bits per heavy atom. The lowest BCUT2D eigenvalue weighted by molar-refractivity contribution is 1.00. The highest BCUT2D eigenvalue weighted by molar-refractivity contribution is 5.47. The van der Waals surface area contributed by atoms with Gasteiger partial charge < -0.3 is 5.32 Å². The third-order valence-corrected chi connectivity index (χ3v) is 2.65. The van der Waals surface area contributed by atoms with Gasteiger partial charge in [-0.2, -0.15) is 0 Å². The molecular weight excluding hydrogens is 256 g/mol. The van der Waals surface area contributed by atoms with Crippen molar-refractivity contribution < 1.29 is 0 Å². The summed E-state index contributed by atoms with van der Waals surface area (Å²) in [6, 6.07) is 4.17. The molecule has 1 aromatic heterocycles. The zero-order valence-corrected chi connectivity index (χ0v) is 14.7. The van der Waals surface area contributed by atoms with Crippen LogP contribution in [0.1, 0.15) is 58.3 Å². The van der Waals surface area contributed by atoms with Gasteiger partial charge in [-0.25, -0.2) is 0 Å². The van der Waals surface area contributed by atoms with Gasteiger partial charge in [-0.1, -0.05) is 52.3 Å². The number of hydrogen-bond donors (Lipinski definition) is 1. The predicted molar refractivity (Wildman–Crippen MR) is 96.0 cm³/mol. The summed E-state index contributed by atoms with van der Waals surface area (Å²) in [5, 5.41) is 3.44. The first-order valence-corrected chi connectivity index (χ1v) is 8.20. The molecule has 1 aliphatic rings. The maximum atomic E-state index is 4.36. The second kappa shape index (κ2) is 12.2. The molecular formula is C19H32N2. The molecule has 1 aromatic rings. The van der Waals surface area contributed by atoms with Gasteiger partial charge in [0.15, 0.2) is 0 Å². The Hall–Kier alpha value is -1.57. The Morgan fingerprint density at radius 2 is 1.62 bits per heavy atom. The molecule has 1 N–H and O–H groups in total. The van der Waals surface area contributed by atoms with Gasteiger partial charge in [0.05, 0.1) is 0 Å². The van der Waals surface area contributed by atoms with E-state index in [0.717, 1.165) is 23.6 Å². The van der Waals surface area contributed by atoms with E-state index in [2.05, 4.69) is 54.5 Å². The number of nitrogens with zero attached hydrogens (tertiary/aromatic N) is 1. The average molecular weight is 288 g/mol. The van der Waals surface area contributed by atoms with E-state index in [1.165, 1.54) is 24.8 Å². The van der Waals surface area contributed by atoms with Crippen molar-refractivity contribution in [3.8, 4) is 0 Å². The van der Waals surface area contributed by atoms with Crippen molar-refractivity contribution in [1.29, 1.82) is 0 Å². The van der Waals surface area contributed by atoms with Crippen molar-refractivity contribution in [3.05, 3.63) is 47.3 Å². The molecule has 0 saturated carbocycles. The van der Waals surface area contributed by atoms with Crippen LogP contribution in [0.4, 0.5) is 5.69 Å². The lowest BCUT2D eigenvalue weighted by Crippen LogP contribution is -2.05. The van der Waals surface area contributed by atoms with E-state index in [4.69, 9.17) is 0 Å². The van der Waals surface area contributed by atoms with Crippen LogP contribution < -0.4 is 5.32 Å². The second-order valence-corrected chi connectivity index (χ2v) is 4.96. The van der Waals surface area contributed by atoms with Crippen LogP contribution in [0.3, 0.4) is 0 Å². The summed E-state index contributed by atoms with van der Waals surface area (Å²) in [6.07, 6.45) is 10.3. The zero-order chi connectivity index (χ0) is 16.1. The Labute approximate surface area is 131 Å². The molecule has 0 unspecified atom stereocenters. The number of aromatic nitrogens is 1. The van der Waals surface area contributed by atoms with Gasteiger partial charge in [0, 0.05) is 23.6 Å². The largest absolute Gasteiger partial charge is 0.381 e. The number of rotatable bonds is 3. The maximum Gasteiger partial charge on any atom is 0.0397 e. The molecule has 0 aromatic carbocycles. The fourth-order valence-electron chi connectivity index (χ4n) is 1.94. The van der Waals surface area contributed by atoms with Crippen LogP contribution in [0, 0.1) is 13.8 Å².